The molecule has 0 spiro atoms. The molecule has 0 aliphatic heterocycles. The molecule has 0 aliphatic carbocycles. The number of benzene rings is 2. The average Bonchev–Trinajstić information content (AvgIpc) is 3.45. The lowest BCUT2D eigenvalue weighted by molar-refractivity contribution is -0.274. The topological polar surface area (TPSA) is 90.4 Å². The summed E-state index contributed by atoms with van der Waals surface area (Å²) in [5.74, 6) is -1.97. The molecule has 0 saturated heterocycles. The minimum atomic E-state index is -4.98. The van der Waals surface area contributed by atoms with E-state index in [1.54, 1.807) is 24.3 Å². The van der Waals surface area contributed by atoms with E-state index in [2.05, 4.69) is 20.3 Å². The first-order chi connectivity index (χ1) is 16.1. The minimum Gasteiger partial charge on any atom is -0.459 e. The number of nitrogens with one attached hydrogen (secondary N) is 1. The second kappa shape index (κ2) is 9.00. The molecule has 4 rings (SSSR count). The Kier molecular flexibility index (Phi) is 6.10. The van der Waals surface area contributed by atoms with Crippen molar-refractivity contribution in [3.05, 3.63) is 71.7 Å². The Hall–Kier alpha value is -4.15. The van der Waals surface area contributed by atoms with Crippen molar-refractivity contribution in [3.63, 3.8) is 0 Å². The van der Waals surface area contributed by atoms with Crippen molar-refractivity contribution in [3.8, 4) is 28.9 Å². The van der Waals surface area contributed by atoms with Crippen molar-refractivity contribution in [2.24, 2.45) is 0 Å². The summed E-state index contributed by atoms with van der Waals surface area (Å²) in [5.41, 5.74) is 0.906. The summed E-state index contributed by atoms with van der Waals surface area (Å²) in [6, 6.07) is 10.5. The maximum atomic E-state index is 14.2. The molecule has 0 saturated carbocycles. The standard InChI is InChI=1S/C23H17F4N3O4/c1-12(2)13-8-14(21-29-30-22(33-21)19-4-3-7-32-19)10-15(9-13)28-20(31)17-11-16(5-6-18(17)24)34-23(25,26)27/h3-12H,1-2H3,(H,28,31). The van der Waals surface area contributed by atoms with Crippen LogP contribution >= 0.6 is 0 Å². The molecule has 7 nitrogen and oxygen atoms in total. The largest absolute Gasteiger partial charge is 0.573 e. The molecule has 2 aromatic carbocycles. The predicted molar refractivity (Wildman–Crippen MR) is 113 cm³/mol. The smallest absolute Gasteiger partial charge is 0.459 e. The van der Waals surface area contributed by atoms with Gasteiger partial charge in [0.05, 0.1) is 11.8 Å². The van der Waals surface area contributed by atoms with E-state index >= 15 is 0 Å². The van der Waals surface area contributed by atoms with Crippen molar-refractivity contribution < 1.29 is 35.9 Å². The van der Waals surface area contributed by atoms with Gasteiger partial charge in [0, 0.05) is 11.3 Å². The molecule has 0 atom stereocenters. The number of halogens is 4. The number of furan rings is 1. The summed E-state index contributed by atoms with van der Waals surface area (Å²) in [7, 11) is 0. The monoisotopic (exact) mass is 475 g/mol. The molecule has 0 unspecified atom stereocenters. The lowest BCUT2D eigenvalue weighted by atomic mass is 9.99. The van der Waals surface area contributed by atoms with Gasteiger partial charge in [-0.15, -0.1) is 23.4 Å². The van der Waals surface area contributed by atoms with Gasteiger partial charge in [0.2, 0.25) is 5.89 Å². The van der Waals surface area contributed by atoms with E-state index in [0.717, 1.165) is 17.7 Å². The Balaban J connectivity index is 1.64. The van der Waals surface area contributed by atoms with Crippen LogP contribution in [0.3, 0.4) is 0 Å². The van der Waals surface area contributed by atoms with Crippen molar-refractivity contribution in [1.82, 2.24) is 10.2 Å². The molecule has 1 N–H and O–H groups in total. The van der Waals surface area contributed by atoms with E-state index in [1.807, 2.05) is 13.8 Å². The van der Waals surface area contributed by atoms with Crippen molar-refractivity contribution in [2.75, 3.05) is 5.32 Å². The zero-order valence-corrected chi connectivity index (χ0v) is 17.8. The first-order valence-electron chi connectivity index (χ1n) is 9.98. The number of alkyl halides is 3. The SMILES string of the molecule is CC(C)c1cc(NC(=O)c2cc(OC(F)(F)F)ccc2F)cc(-c2nnc(-c3ccco3)o2)c1. The van der Waals surface area contributed by atoms with Gasteiger partial charge in [-0.25, -0.2) is 4.39 Å². The van der Waals surface area contributed by atoms with Gasteiger partial charge >= 0.3 is 6.36 Å². The van der Waals surface area contributed by atoms with Gasteiger partial charge < -0.3 is 18.9 Å². The molecule has 1 amide bonds. The number of amides is 1. The number of anilines is 1. The van der Waals surface area contributed by atoms with Crippen LogP contribution in [-0.2, 0) is 0 Å². The van der Waals surface area contributed by atoms with Crippen molar-refractivity contribution in [1.29, 1.82) is 0 Å². The zero-order valence-electron chi connectivity index (χ0n) is 17.8. The third kappa shape index (κ3) is 5.25. The number of hydrogen-bond donors (Lipinski definition) is 1. The van der Waals surface area contributed by atoms with Gasteiger partial charge in [-0.1, -0.05) is 13.8 Å². The number of ether oxygens (including phenoxy) is 1. The first-order valence-corrected chi connectivity index (χ1v) is 9.98. The number of hydrogen-bond acceptors (Lipinski definition) is 6. The second-order valence-corrected chi connectivity index (χ2v) is 7.53. The Bertz CT molecular complexity index is 1310. The molecule has 0 fully saturated rings. The summed E-state index contributed by atoms with van der Waals surface area (Å²) < 4.78 is 66.4. The molecule has 34 heavy (non-hydrogen) atoms. The Labute approximate surface area is 190 Å². The maximum absolute atomic E-state index is 14.2. The third-order valence-electron chi connectivity index (χ3n) is 4.70. The van der Waals surface area contributed by atoms with Gasteiger partial charge in [0.15, 0.2) is 5.76 Å². The predicted octanol–water partition coefficient (Wildman–Crippen LogP) is 6.41. The number of carbonyl (C=O) groups excluding carboxylic acids is 1. The van der Waals surface area contributed by atoms with E-state index in [9.17, 15) is 22.4 Å². The minimum absolute atomic E-state index is 0.0308. The molecule has 176 valence electrons. The molecule has 4 aromatic rings. The first kappa shape index (κ1) is 23.0. The number of nitrogens with zero attached hydrogens (tertiary/aromatic N) is 2. The second-order valence-electron chi connectivity index (χ2n) is 7.53. The van der Waals surface area contributed by atoms with Crippen LogP contribution in [0.4, 0.5) is 23.2 Å². The summed E-state index contributed by atoms with van der Waals surface area (Å²) in [6.45, 7) is 3.84. The lowest BCUT2D eigenvalue weighted by Crippen LogP contribution is -2.19. The van der Waals surface area contributed by atoms with E-state index in [1.165, 1.54) is 12.3 Å². The fraction of sp³-hybridized carbons (Fsp3) is 0.174. The number of aromatic nitrogens is 2. The van der Waals surface area contributed by atoms with E-state index in [0.29, 0.717) is 17.4 Å². The average molecular weight is 475 g/mol. The van der Waals surface area contributed by atoms with E-state index < -0.39 is 29.4 Å². The van der Waals surface area contributed by atoms with E-state index in [-0.39, 0.29) is 23.4 Å². The quantitative estimate of drug-likeness (QED) is 0.324. The molecular weight excluding hydrogens is 458 g/mol. The zero-order chi connectivity index (χ0) is 24.5. The Morgan fingerprint density at radius 3 is 2.50 bits per heavy atom. The molecule has 0 bridgehead atoms. The van der Waals surface area contributed by atoms with Gasteiger partial charge in [0.1, 0.15) is 11.6 Å². The molecular formula is C23H17F4N3O4. The summed E-state index contributed by atoms with van der Waals surface area (Å²) >= 11 is 0. The van der Waals surface area contributed by atoms with Crippen LogP contribution in [0.2, 0.25) is 0 Å². The highest BCUT2D eigenvalue weighted by Crippen LogP contribution is 2.31. The molecule has 2 aromatic heterocycles. The van der Waals surface area contributed by atoms with Crippen LogP contribution in [0.5, 0.6) is 5.75 Å². The summed E-state index contributed by atoms with van der Waals surface area (Å²) in [4.78, 5) is 12.7. The van der Waals surface area contributed by atoms with Crippen LogP contribution in [-0.4, -0.2) is 22.5 Å². The van der Waals surface area contributed by atoms with Gasteiger partial charge in [-0.2, -0.15) is 0 Å². The highest BCUT2D eigenvalue weighted by molar-refractivity contribution is 6.05. The van der Waals surface area contributed by atoms with Gasteiger partial charge in [-0.05, 0) is 60.0 Å². The normalized spacial score (nSPS) is 11.6. The van der Waals surface area contributed by atoms with Crippen LogP contribution in [0, 0.1) is 5.82 Å². The maximum Gasteiger partial charge on any atom is 0.573 e. The van der Waals surface area contributed by atoms with Crippen LogP contribution in [0.1, 0.15) is 35.7 Å². The summed E-state index contributed by atoms with van der Waals surface area (Å²) in [5, 5.41) is 10.5. The number of rotatable bonds is 6. The van der Waals surface area contributed by atoms with E-state index in [4.69, 9.17) is 8.83 Å². The molecule has 2 heterocycles. The van der Waals surface area contributed by atoms with Gasteiger partial charge in [-0.3, -0.25) is 4.79 Å². The highest BCUT2D eigenvalue weighted by atomic mass is 19.4. The Morgan fingerprint density at radius 1 is 1.06 bits per heavy atom. The van der Waals surface area contributed by atoms with Crippen LogP contribution in [0.15, 0.2) is 63.6 Å². The Morgan fingerprint density at radius 2 is 1.82 bits per heavy atom. The molecule has 0 aliphatic rings. The van der Waals surface area contributed by atoms with Crippen molar-refractivity contribution in [2.45, 2.75) is 26.1 Å². The third-order valence-corrected chi connectivity index (χ3v) is 4.70. The van der Waals surface area contributed by atoms with Gasteiger partial charge in [0.25, 0.3) is 11.8 Å². The van der Waals surface area contributed by atoms with Crippen molar-refractivity contribution >= 4 is 11.6 Å². The van der Waals surface area contributed by atoms with Crippen LogP contribution < -0.4 is 10.1 Å². The molecule has 0 radical (unpaired) electrons. The highest BCUT2D eigenvalue weighted by Gasteiger charge is 2.31. The number of carbonyl (C=O) groups is 1. The van der Waals surface area contributed by atoms with Crippen LogP contribution in [0.25, 0.3) is 23.1 Å². The lowest BCUT2D eigenvalue weighted by Gasteiger charge is -2.13. The fourth-order valence-corrected chi connectivity index (χ4v) is 3.09. The molecule has 11 heteroatoms. The fourth-order valence-electron chi connectivity index (χ4n) is 3.09. The summed E-state index contributed by atoms with van der Waals surface area (Å²) in [6.07, 6.45) is -3.52.